The van der Waals surface area contributed by atoms with Crippen LogP contribution in [0.25, 0.3) is 17.4 Å². The van der Waals surface area contributed by atoms with Gasteiger partial charge in [0, 0.05) is 11.6 Å². The van der Waals surface area contributed by atoms with E-state index >= 15 is 0 Å². The third kappa shape index (κ3) is 3.89. The maximum atomic E-state index is 12.2. The molecular weight excluding hydrogens is 376 g/mol. The Kier molecular flexibility index (Phi) is 4.82. The molecule has 3 aromatic rings. The van der Waals surface area contributed by atoms with E-state index < -0.39 is 5.97 Å². The van der Waals surface area contributed by atoms with Gasteiger partial charge in [-0.1, -0.05) is 30.3 Å². The first-order valence-electron chi connectivity index (χ1n) is 8.37. The van der Waals surface area contributed by atoms with Crippen molar-refractivity contribution in [2.24, 2.45) is 4.99 Å². The number of benzene rings is 2. The number of thioether (sulfide) groups is 1. The second-order valence-electron chi connectivity index (χ2n) is 5.91. The topological polar surface area (TPSA) is 91.9 Å². The number of furan rings is 1. The molecule has 7 heteroatoms. The van der Waals surface area contributed by atoms with Gasteiger partial charge >= 0.3 is 5.97 Å². The van der Waals surface area contributed by atoms with Gasteiger partial charge in [0.25, 0.3) is 5.91 Å². The molecule has 1 aliphatic heterocycles. The van der Waals surface area contributed by atoms with Crippen LogP contribution in [0.2, 0.25) is 0 Å². The van der Waals surface area contributed by atoms with E-state index in [4.69, 9.17) is 9.52 Å². The second-order valence-corrected chi connectivity index (χ2v) is 6.94. The molecule has 138 valence electrons. The number of amides is 1. The summed E-state index contributed by atoms with van der Waals surface area (Å²) in [6, 6.07) is 19.3. The van der Waals surface area contributed by atoms with E-state index in [1.807, 2.05) is 30.3 Å². The summed E-state index contributed by atoms with van der Waals surface area (Å²) in [7, 11) is 0. The number of carbonyl (C=O) groups is 2. The van der Waals surface area contributed by atoms with E-state index in [9.17, 15) is 9.59 Å². The van der Waals surface area contributed by atoms with Crippen molar-refractivity contribution in [1.82, 2.24) is 5.32 Å². The number of hydrogen-bond donors (Lipinski definition) is 2. The van der Waals surface area contributed by atoms with Crippen LogP contribution in [0, 0.1) is 0 Å². The fraction of sp³-hybridized carbons (Fsp3) is 0. The van der Waals surface area contributed by atoms with Crippen molar-refractivity contribution in [3.05, 3.63) is 83.0 Å². The predicted molar refractivity (Wildman–Crippen MR) is 108 cm³/mol. The SMILES string of the molecule is O=C1NC(=Nc2ccccc2)S/C1=C/c1ccc(-c2cccc(C(=O)O)c2)o1. The summed E-state index contributed by atoms with van der Waals surface area (Å²) >= 11 is 1.23. The summed E-state index contributed by atoms with van der Waals surface area (Å²) in [5.41, 5.74) is 1.59. The number of para-hydroxylation sites is 1. The van der Waals surface area contributed by atoms with Gasteiger partial charge in [-0.2, -0.15) is 0 Å². The first kappa shape index (κ1) is 17.8. The van der Waals surface area contributed by atoms with Gasteiger partial charge in [0.15, 0.2) is 5.17 Å². The maximum Gasteiger partial charge on any atom is 0.335 e. The molecule has 0 atom stereocenters. The average Bonchev–Trinajstić information content (AvgIpc) is 3.30. The van der Waals surface area contributed by atoms with E-state index in [0.29, 0.717) is 27.2 Å². The molecule has 1 saturated heterocycles. The van der Waals surface area contributed by atoms with E-state index in [1.165, 1.54) is 17.8 Å². The van der Waals surface area contributed by atoms with Gasteiger partial charge in [0.1, 0.15) is 11.5 Å². The maximum absolute atomic E-state index is 12.2. The highest BCUT2D eigenvalue weighted by molar-refractivity contribution is 8.18. The Morgan fingerprint density at radius 2 is 1.89 bits per heavy atom. The summed E-state index contributed by atoms with van der Waals surface area (Å²) in [6.07, 6.45) is 1.64. The number of carboxylic acids is 1. The van der Waals surface area contributed by atoms with Crippen molar-refractivity contribution < 1.29 is 19.1 Å². The molecule has 2 heterocycles. The molecule has 2 N–H and O–H groups in total. The number of carboxylic acid groups (broad SMARTS) is 1. The van der Waals surface area contributed by atoms with Crippen molar-refractivity contribution in [1.29, 1.82) is 0 Å². The van der Waals surface area contributed by atoms with Gasteiger partial charge in [-0.3, -0.25) is 4.79 Å². The van der Waals surface area contributed by atoms with Gasteiger partial charge < -0.3 is 14.8 Å². The number of rotatable bonds is 4. The Morgan fingerprint density at radius 3 is 2.68 bits per heavy atom. The molecule has 1 aliphatic rings. The largest absolute Gasteiger partial charge is 0.478 e. The number of amidine groups is 1. The first-order valence-corrected chi connectivity index (χ1v) is 9.18. The molecule has 0 radical (unpaired) electrons. The molecule has 4 rings (SSSR count). The minimum absolute atomic E-state index is 0.182. The summed E-state index contributed by atoms with van der Waals surface area (Å²) in [5, 5.41) is 12.3. The third-order valence-corrected chi connectivity index (χ3v) is 4.84. The standard InChI is InChI=1S/C21H14N2O4S/c24-19-18(28-21(23-19)22-15-7-2-1-3-8-15)12-16-9-10-17(27-16)13-5-4-6-14(11-13)20(25)26/h1-12H,(H,25,26)(H,22,23,24)/b18-12+. The minimum Gasteiger partial charge on any atom is -0.478 e. The zero-order chi connectivity index (χ0) is 19.5. The molecule has 6 nitrogen and oxygen atoms in total. The van der Waals surface area contributed by atoms with Gasteiger partial charge in [-0.15, -0.1) is 0 Å². The van der Waals surface area contributed by atoms with Gasteiger partial charge in [-0.05, 0) is 48.2 Å². The van der Waals surface area contributed by atoms with Crippen molar-refractivity contribution in [3.8, 4) is 11.3 Å². The Bertz CT molecular complexity index is 1120. The lowest BCUT2D eigenvalue weighted by Crippen LogP contribution is -2.19. The normalized spacial score (nSPS) is 16.5. The molecule has 0 aliphatic carbocycles. The molecule has 1 amide bonds. The average molecular weight is 390 g/mol. The lowest BCUT2D eigenvalue weighted by molar-refractivity contribution is -0.115. The van der Waals surface area contributed by atoms with Crippen LogP contribution in [0.1, 0.15) is 16.1 Å². The zero-order valence-electron chi connectivity index (χ0n) is 14.5. The highest BCUT2D eigenvalue weighted by atomic mass is 32.2. The zero-order valence-corrected chi connectivity index (χ0v) is 15.3. The monoisotopic (exact) mass is 390 g/mol. The highest BCUT2D eigenvalue weighted by Crippen LogP contribution is 2.30. The van der Waals surface area contributed by atoms with Crippen LogP contribution < -0.4 is 5.32 Å². The predicted octanol–water partition coefficient (Wildman–Crippen LogP) is 4.54. The van der Waals surface area contributed by atoms with Crippen LogP contribution in [-0.4, -0.2) is 22.2 Å². The van der Waals surface area contributed by atoms with Gasteiger partial charge in [0.05, 0.1) is 16.2 Å². The van der Waals surface area contributed by atoms with Crippen LogP contribution >= 0.6 is 11.8 Å². The van der Waals surface area contributed by atoms with E-state index in [1.54, 1.807) is 36.4 Å². The number of nitrogens with one attached hydrogen (secondary N) is 1. The molecule has 1 fully saturated rings. The van der Waals surface area contributed by atoms with Crippen molar-refractivity contribution in [3.63, 3.8) is 0 Å². The number of nitrogens with zero attached hydrogens (tertiary/aromatic N) is 1. The Morgan fingerprint density at radius 1 is 1.07 bits per heavy atom. The van der Waals surface area contributed by atoms with Crippen molar-refractivity contribution >= 4 is 40.6 Å². The lowest BCUT2D eigenvalue weighted by Gasteiger charge is -1.99. The molecule has 28 heavy (non-hydrogen) atoms. The summed E-state index contributed by atoms with van der Waals surface area (Å²) in [5.74, 6) is -0.226. The number of hydrogen-bond acceptors (Lipinski definition) is 5. The molecule has 1 aromatic heterocycles. The first-order chi connectivity index (χ1) is 13.6. The Hall–Kier alpha value is -3.58. The van der Waals surface area contributed by atoms with Crippen LogP contribution in [0.4, 0.5) is 5.69 Å². The van der Waals surface area contributed by atoms with Crippen LogP contribution in [0.3, 0.4) is 0 Å². The number of aliphatic imine (C=N–C) groups is 1. The van der Waals surface area contributed by atoms with Gasteiger partial charge in [-0.25, -0.2) is 9.79 Å². The molecule has 0 unspecified atom stereocenters. The molecule has 0 saturated carbocycles. The molecule has 2 aromatic carbocycles. The van der Waals surface area contributed by atoms with Crippen molar-refractivity contribution in [2.45, 2.75) is 0 Å². The quantitative estimate of drug-likeness (QED) is 0.638. The summed E-state index contributed by atoms with van der Waals surface area (Å²) < 4.78 is 5.77. The Labute approximate surface area is 164 Å². The highest BCUT2D eigenvalue weighted by Gasteiger charge is 2.24. The Balaban J connectivity index is 1.55. The third-order valence-electron chi connectivity index (χ3n) is 3.93. The van der Waals surface area contributed by atoms with E-state index in [0.717, 1.165) is 5.69 Å². The number of carbonyl (C=O) groups excluding carboxylic acids is 1. The lowest BCUT2D eigenvalue weighted by atomic mass is 10.1. The van der Waals surface area contributed by atoms with Gasteiger partial charge in [0.2, 0.25) is 0 Å². The summed E-state index contributed by atoms with van der Waals surface area (Å²) in [6.45, 7) is 0. The van der Waals surface area contributed by atoms with Crippen molar-refractivity contribution in [2.75, 3.05) is 0 Å². The fourth-order valence-corrected chi connectivity index (χ4v) is 3.44. The molecule has 0 bridgehead atoms. The van der Waals surface area contributed by atoms with E-state index in [-0.39, 0.29) is 11.5 Å². The minimum atomic E-state index is -1.000. The molecular formula is C21H14N2O4S. The van der Waals surface area contributed by atoms with Crippen LogP contribution in [0.15, 0.2) is 81.0 Å². The smallest absolute Gasteiger partial charge is 0.335 e. The van der Waals surface area contributed by atoms with Crippen LogP contribution in [0.5, 0.6) is 0 Å². The van der Waals surface area contributed by atoms with E-state index in [2.05, 4.69) is 10.3 Å². The molecule has 0 spiro atoms. The summed E-state index contributed by atoms with van der Waals surface area (Å²) in [4.78, 5) is 28.2. The van der Waals surface area contributed by atoms with Crippen LogP contribution in [-0.2, 0) is 4.79 Å². The fourth-order valence-electron chi connectivity index (χ4n) is 2.62. The second kappa shape index (κ2) is 7.58. The number of aromatic carboxylic acids is 1.